The smallest absolute Gasteiger partial charge is 0.271 e. The lowest BCUT2D eigenvalue weighted by atomic mass is 9.85. The number of fused-ring (bicyclic) bond motifs is 1. The molecule has 0 unspecified atom stereocenters. The quantitative estimate of drug-likeness (QED) is 0.901. The van der Waals surface area contributed by atoms with Crippen molar-refractivity contribution < 1.29 is 9.59 Å². The highest BCUT2D eigenvalue weighted by Crippen LogP contribution is 2.37. The van der Waals surface area contributed by atoms with Crippen molar-refractivity contribution in [3.63, 3.8) is 0 Å². The van der Waals surface area contributed by atoms with Crippen molar-refractivity contribution in [2.75, 3.05) is 5.32 Å². The summed E-state index contributed by atoms with van der Waals surface area (Å²) in [5.74, 6) is -0.287. The molecule has 0 radical (unpaired) electrons. The van der Waals surface area contributed by atoms with Crippen LogP contribution in [-0.2, 0) is 16.8 Å². The first-order valence-electron chi connectivity index (χ1n) is 6.97. The van der Waals surface area contributed by atoms with Crippen molar-refractivity contribution in [1.82, 2.24) is 15.3 Å². The summed E-state index contributed by atoms with van der Waals surface area (Å²) in [5.41, 5.74) is 2.43. The van der Waals surface area contributed by atoms with Crippen LogP contribution in [0.4, 0.5) is 5.69 Å². The number of benzene rings is 1. The van der Waals surface area contributed by atoms with Gasteiger partial charge in [0.05, 0.1) is 11.6 Å². The fourth-order valence-electron chi connectivity index (χ4n) is 2.42. The molecule has 0 aliphatic carbocycles. The maximum absolute atomic E-state index is 12.0. The highest BCUT2D eigenvalue weighted by Gasteiger charge is 2.38. The molecule has 0 atom stereocenters. The number of carbonyl (C=O) groups excluding carboxylic acids is 2. The van der Waals surface area contributed by atoms with E-state index in [0.29, 0.717) is 6.54 Å². The van der Waals surface area contributed by atoms with E-state index >= 15 is 0 Å². The summed E-state index contributed by atoms with van der Waals surface area (Å²) >= 11 is 0. The van der Waals surface area contributed by atoms with Crippen molar-refractivity contribution in [3.05, 3.63) is 53.6 Å². The molecule has 2 N–H and O–H groups in total. The van der Waals surface area contributed by atoms with Crippen LogP contribution in [0.25, 0.3) is 0 Å². The topological polar surface area (TPSA) is 84.0 Å². The number of anilines is 1. The summed E-state index contributed by atoms with van der Waals surface area (Å²) in [7, 11) is 0. The van der Waals surface area contributed by atoms with Crippen molar-refractivity contribution in [2.45, 2.75) is 25.8 Å². The first kappa shape index (κ1) is 14.2. The molecule has 0 bridgehead atoms. The molecule has 112 valence electrons. The molecule has 0 saturated carbocycles. The van der Waals surface area contributed by atoms with Gasteiger partial charge in [-0.15, -0.1) is 0 Å². The van der Waals surface area contributed by atoms with E-state index in [9.17, 15) is 9.59 Å². The third-order valence-corrected chi connectivity index (χ3v) is 3.82. The van der Waals surface area contributed by atoms with Gasteiger partial charge >= 0.3 is 0 Å². The average molecular weight is 296 g/mol. The van der Waals surface area contributed by atoms with Gasteiger partial charge in [-0.3, -0.25) is 14.6 Å². The molecular weight excluding hydrogens is 280 g/mol. The van der Waals surface area contributed by atoms with Crippen LogP contribution in [0.15, 0.2) is 36.8 Å². The van der Waals surface area contributed by atoms with Crippen molar-refractivity contribution in [2.24, 2.45) is 0 Å². The molecule has 1 aromatic heterocycles. The first-order chi connectivity index (χ1) is 10.5. The molecule has 22 heavy (non-hydrogen) atoms. The van der Waals surface area contributed by atoms with Gasteiger partial charge < -0.3 is 10.6 Å². The standard InChI is InChI=1S/C16H16N4O2/c1-16(2)11-7-10(3-4-12(11)20-15(16)22)8-19-14(21)13-9-17-5-6-18-13/h3-7,9H,8H2,1-2H3,(H,19,21)(H,20,22). The number of nitrogens with one attached hydrogen (secondary N) is 2. The molecule has 0 saturated heterocycles. The van der Waals surface area contributed by atoms with Crippen molar-refractivity contribution >= 4 is 17.5 Å². The van der Waals surface area contributed by atoms with Crippen molar-refractivity contribution in [3.8, 4) is 0 Å². The zero-order valence-electron chi connectivity index (χ0n) is 12.4. The molecule has 1 aromatic carbocycles. The van der Waals surface area contributed by atoms with E-state index in [2.05, 4.69) is 20.6 Å². The summed E-state index contributed by atoms with van der Waals surface area (Å²) in [5, 5.41) is 5.66. The number of hydrogen-bond acceptors (Lipinski definition) is 4. The van der Waals surface area contributed by atoms with Crippen LogP contribution in [0.3, 0.4) is 0 Å². The molecule has 0 spiro atoms. The van der Waals surface area contributed by atoms with Gasteiger partial charge in [0.25, 0.3) is 5.91 Å². The van der Waals surface area contributed by atoms with Crippen molar-refractivity contribution in [1.29, 1.82) is 0 Å². The van der Waals surface area contributed by atoms with E-state index in [1.165, 1.54) is 18.6 Å². The molecule has 2 aromatic rings. The van der Waals surface area contributed by atoms with E-state index in [-0.39, 0.29) is 17.5 Å². The Kier molecular flexibility index (Phi) is 3.36. The first-order valence-corrected chi connectivity index (χ1v) is 6.97. The van der Waals surface area contributed by atoms with Gasteiger partial charge in [0, 0.05) is 24.6 Å². The predicted molar refractivity (Wildman–Crippen MR) is 81.3 cm³/mol. The van der Waals surface area contributed by atoms with Gasteiger partial charge in [0.1, 0.15) is 5.69 Å². The lowest BCUT2D eigenvalue weighted by Crippen LogP contribution is -2.27. The minimum Gasteiger partial charge on any atom is -0.347 e. The Labute approximate surface area is 128 Å². The van der Waals surface area contributed by atoms with Gasteiger partial charge in [-0.1, -0.05) is 12.1 Å². The summed E-state index contributed by atoms with van der Waals surface area (Å²) in [6.07, 6.45) is 4.41. The van der Waals surface area contributed by atoms with Crippen LogP contribution >= 0.6 is 0 Å². The number of amides is 2. The normalized spacial score (nSPS) is 15.1. The van der Waals surface area contributed by atoms with Gasteiger partial charge in [-0.05, 0) is 31.0 Å². The molecule has 1 aliphatic rings. The fourth-order valence-corrected chi connectivity index (χ4v) is 2.42. The van der Waals surface area contributed by atoms with Crippen LogP contribution in [0, 0.1) is 0 Å². The Morgan fingerprint density at radius 3 is 2.86 bits per heavy atom. The predicted octanol–water partition coefficient (Wildman–Crippen LogP) is 1.64. The van der Waals surface area contributed by atoms with E-state index in [1.54, 1.807) is 0 Å². The van der Waals surface area contributed by atoms with Crippen LogP contribution in [0.5, 0.6) is 0 Å². The van der Waals surface area contributed by atoms with E-state index in [0.717, 1.165) is 16.8 Å². The monoisotopic (exact) mass is 296 g/mol. The lowest BCUT2D eigenvalue weighted by Gasteiger charge is -2.16. The fraction of sp³-hybridized carbons (Fsp3) is 0.250. The summed E-state index contributed by atoms with van der Waals surface area (Å²) in [6.45, 7) is 4.14. The Balaban J connectivity index is 1.74. The molecule has 0 fully saturated rings. The van der Waals surface area contributed by atoms with E-state index in [4.69, 9.17) is 0 Å². The molecule has 1 aliphatic heterocycles. The van der Waals surface area contributed by atoms with E-state index in [1.807, 2.05) is 32.0 Å². The van der Waals surface area contributed by atoms with Crippen LogP contribution in [0.1, 0.15) is 35.5 Å². The lowest BCUT2D eigenvalue weighted by molar-refractivity contribution is -0.119. The number of hydrogen-bond donors (Lipinski definition) is 2. The van der Waals surface area contributed by atoms with Gasteiger partial charge in [-0.25, -0.2) is 4.98 Å². The second-order valence-corrected chi connectivity index (χ2v) is 5.73. The highest BCUT2D eigenvalue weighted by molar-refractivity contribution is 6.05. The number of carbonyl (C=O) groups is 2. The molecule has 6 nitrogen and oxygen atoms in total. The molecule has 3 rings (SSSR count). The molecule has 2 amide bonds. The van der Waals surface area contributed by atoms with E-state index < -0.39 is 5.41 Å². The molecule has 6 heteroatoms. The Morgan fingerprint density at radius 1 is 1.32 bits per heavy atom. The summed E-state index contributed by atoms with van der Waals surface area (Å²) in [6, 6.07) is 5.70. The Morgan fingerprint density at radius 2 is 2.14 bits per heavy atom. The second kappa shape index (κ2) is 5.22. The Bertz CT molecular complexity index is 741. The maximum Gasteiger partial charge on any atom is 0.271 e. The van der Waals surface area contributed by atoms with Crippen LogP contribution < -0.4 is 10.6 Å². The summed E-state index contributed by atoms with van der Waals surface area (Å²) in [4.78, 5) is 31.7. The zero-order valence-corrected chi connectivity index (χ0v) is 12.4. The average Bonchev–Trinajstić information content (AvgIpc) is 2.75. The van der Waals surface area contributed by atoms with Gasteiger partial charge in [-0.2, -0.15) is 0 Å². The van der Waals surface area contributed by atoms with Gasteiger partial charge in [0.15, 0.2) is 0 Å². The second-order valence-electron chi connectivity index (χ2n) is 5.73. The highest BCUT2D eigenvalue weighted by atomic mass is 16.2. The van der Waals surface area contributed by atoms with Crippen LogP contribution in [0.2, 0.25) is 0 Å². The number of rotatable bonds is 3. The minimum absolute atomic E-state index is 0.0109. The molecular formula is C16H16N4O2. The summed E-state index contributed by atoms with van der Waals surface area (Å²) < 4.78 is 0. The third kappa shape index (κ3) is 2.43. The van der Waals surface area contributed by atoms with Gasteiger partial charge in [0.2, 0.25) is 5.91 Å². The molecule has 2 heterocycles. The van der Waals surface area contributed by atoms with Crippen LogP contribution in [-0.4, -0.2) is 21.8 Å². The number of nitrogens with zero attached hydrogens (tertiary/aromatic N) is 2. The largest absolute Gasteiger partial charge is 0.347 e. The third-order valence-electron chi connectivity index (χ3n) is 3.82. The zero-order chi connectivity index (χ0) is 15.7. The number of aromatic nitrogens is 2. The SMILES string of the molecule is CC1(C)C(=O)Nc2ccc(CNC(=O)c3cnccn3)cc21. The minimum atomic E-state index is -0.555. The Hall–Kier alpha value is -2.76. The maximum atomic E-state index is 12.0.